The first-order valence-corrected chi connectivity index (χ1v) is 4.54. The van der Waals surface area contributed by atoms with Crippen LogP contribution in [0.5, 0.6) is 0 Å². The fraction of sp³-hybridized carbons (Fsp3) is 0.200. The van der Waals surface area contributed by atoms with Gasteiger partial charge in [0.25, 0.3) is 0 Å². The van der Waals surface area contributed by atoms with Crippen molar-refractivity contribution in [2.45, 2.75) is 12.5 Å². The molecule has 2 rings (SSSR count). The summed E-state index contributed by atoms with van der Waals surface area (Å²) in [6.07, 6.45) is 8.79. The number of carbonyl (C=O) groups is 2. The maximum Gasteiger partial charge on any atom is 0.330 e. The molecule has 1 atom stereocenters. The number of hydrogen-bond donors (Lipinski definition) is 0. The summed E-state index contributed by atoms with van der Waals surface area (Å²) < 4.78 is 0. The van der Waals surface area contributed by atoms with E-state index in [1.165, 1.54) is 0 Å². The smallest absolute Gasteiger partial charge is 0.262 e. The molecule has 0 bridgehead atoms. The number of hydrogen-bond acceptors (Lipinski definition) is 4. The Bertz CT molecular complexity index is 506. The molecule has 78 valence electrons. The average molecular weight is 214 g/mol. The summed E-state index contributed by atoms with van der Waals surface area (Å²) in [5.41, 5.74) is 0.371. The maximum absolute atomic E-state index is 11.5. The number of piperazine rings is 1. The van der Waals surface area contributed by atoms with Crippen molar-refractivity contribution in [3.05, 3.63) is 23.9 Å². The van der Waals surface area contributed by atoms with Crippen LogP contribution in [0.3, 0.4) is 0 Å². The summed E-state index contributed by atoms with van der Waals surface area (Å²) >= 11 is 0. The largest absolute Gasteiger partial charge is 0.330 e. The molecule has 1 fully saturated rings. The van der Waals surface area contributed by atoms with Gasteiger partial charge in [0.15, 0.2) is 12.4 Å². The van der Waals surface area contributed by atoms with Gasteiger partial charge in [-0.25, -0.2) is 9.80 Å². The summed E-state index contributed by atoms with van der Waals surface area (Å²) in [5.74, 6) is -1.94. The van der Waals surface area contributed by atoms with Gasteiger partial charge in [0, 0.05) is 0 Å². The van der Waals surface area contributed by atoms with Crippen LogP contribution in [0.15, 0.2) is 23.9 Å². The molecule has 1 unspecified atom stereocenters. The van der Waals surface area contributed by atoms with Crippen molar-refractivity contribution >= 4 is 11.8 Å². The van der Waals surface area contributed by atoms with Gasteiger partial charge in [-0.2, -0.15) is 10.5 Å². The summed E-state index contributed by atoms with van der Waals surface area (Å²) in [4.78, 5) is 24.5. The summed E-state index contributed by atoms with van der Waals surface area (Å²) in [6.45, 7) is 0. The molecule has 1 heterocycles. The lowest BCUT2D eigenvalue weighted by atomic mass is 9.99. The molecule has 0 aromatic rings. The molecule has 6 nitrogen and oxygen atoms in total. The highest BCUT2D eigenvalue weighted by atomic mass is 16.2. The SMILES string of the molecule is N#CN1C(=O)C(=O)N(C#N)C2CC=CC=C21. The van der Waals surface area contributed by atoms with E-state index in [9.17, 15) is 9.59 Å². The summed E-state index contributed by atoms with van der Waals surface area (Å²) in [6, 6.07) is -0.542. The monoisotopic (exact) mass is 214 g/mol. The summed E-state index contributed by atoms with van der Waals surface area (Å²) in [5, 5.41) is 17.6. The fourth-order valence-corrected chi connectivity index (χ4v) is 1.74. The molecular formula is C10H6N4O2. The van der Waals surface area contributed by atoms with E-state index in [4.69, 9.17) is 10.5 Å². The Kier molecular flexibility index (Phi) is 2.19. The maximum atomic E-state index is 11.5. The lowest BCUT2D eigenvalue weighted by Gasteiger charge is -2.35. The van der Waals surface area contributed by atoms with Crippen LogP contribution in [-0.4, -0.2) is 27.7 Å². The Morgan fingerprint density at radius 1 is 1.25 bits per heavy atom. The quantitative estimate of drug-likeness (QED) is 0.413. The molecule has 0 radical (unpaired) electrons. The molecule has 0 aromatic heterocycles. The van der Waals surface area contributed by atoms with Crippen LogP contribution in [0.4, 0.5) is 0 Å². The third-order valence-electron chi connectivity index (χ3n) is 2.49. The number of nitriles is 2. The molecule has 1 aliphatic carbocycles. The molecule has 2 aliphatic rings. The molecule has 1 aliphatic heterocycles. The first kappa shape index (κ1) is 9.94. The molecule has 2 amide bonds. The van der Waals surface area contributed by atoms with Gasteiger partial charge in [0.2, 0.25) is 0 Å². The van der Waals surface area contributed by atoms with E-state index in [1.807, 2.05) is 0 Å². The van der Waals surface area contributed by atoms with E-state index >= 15 is 0 Å². The summed E-state index contributed by atoms with van der Waals surface area (Å²) in [7, 11) is 0. The van der Waals surface area contributed by atoms with Crippen LogP contribution in [0, 0.1) is 22.9 Å². The minimum atomic E-state index is -0.984. The Morgan fingerprint density at radius 3 is 2.62 bits per heavy atom. The minimum Gasteiger partial charge on any atom is -0.262 e. The van der Waals surface area contributed by atoms with Crippen molar-refractivity contribution in [3.8, 4) is 12.4 Å². The van der Waals surface area contributed by atoms with Crippen LogP contribution in [0.2, 0.25) is 0 Å². The number of fused-ring (bicyclic) bond motifs is 1. The van der Waals surface area contributed by atoms with Crippen molar-refractivity contribution in [3.63, 3.8) is 0 Å². The zero-order valence-corrected chi connectivity index (χ0v) is 8.12. The van der Waals surface area contributed by atoms with E-state index < -0.39 is 17.9 Å². The van der Waals surface area contributed by atoms with Gasteiger partial charge in [-0.3, -0.25) is 9.59 Å². The Balaban J connectivity index is 2.51. The van der Waals surface area contributed by atoms with E-state index in [-0.39, 0.29) is 0 Å². The predicted octanol–water partition coefficient (Wildman–Crippen LogP) is -0.168. The Morgan fingerprint density at radius 2 is 2.00 bits per heavy atom. The third-order valence-corrected chi connectivity index (χ3v) is 2.49. The van der Waals surface area contributed by atoms with Crippen LogP contribution < -0.4 is 0 Å². The van der Waals surface area contributed by atoms with Crippen molar-refractivity contribution in [2.75, 3.05) is 0 Å². The molecule has 0 N–H and O–H groups in total. The van der Waals surface area contributed by atoms with Crippen LogP contribution >= 0.6 is 0 Å². The normalized spacial score (nSPS) is 23.4. The molecule has 0 saturated carbocycles. The number of rotatable bonds is 0. The van der Waals surface area contributed by atoms with Gasteiger partial charge in [0.05, 0.1) is 11.7 Å². The number of allylic oxidation sites excluding steroid dienone is 2. The van der Waals surface area contributed by atoms with Crippen LogP contribution in [0.25, 0.3) is 0 Å². The molecule has 0 aromatic carbocycles. The highest BCUT2D eigenvalue weighted by molar-refractivity contribution is 6.37. The van der Waals surface area contributed by atoms with E-state index in [1.54, 1.807) is 30.6 Å². The van der Waals surface area contributed by atoms with Crippen molar-refractivity contribution in [2.24, 2.45) is 0 Å². The second-order valence-corrected chi connectivity index (χ2v) is 3.29. The highest BCUT2D eigenvalue weighted by Gasteiger charge is 2.43. The Hall–Kier alpha value is -2.60. The first-order valence-electron chi connectivity index (χ1n) is 4.54. The zero-order valence-electron chi connectivity index (χ0n) is 8.12. The fourth-order valence-electron chi connectivity index (χ4n) is 1.74. The number of carbonyl (C=O) groups excluding carboxylic acids is 2. The highest BCUT2D eigenvalue weighted by Crippen LogP contribution is 2.26. The second-order valence-electron chi connectivity index (χ2n) is 3.29. The minimum absolute atomic E-state index is 0.371. The third kappa shape index (κ3) is 1.17. The number of nitrogens with zero attached hydrogens (tertiary/aromatic N) is 4. The van der Waals surface area contributed by atoms with Gasteiger partial charge in [0.1, 0.15) is 0 Å². The molecule has 1 saturated heterocycles. The van der Waals surface area contributed by atoms with E-state index in [2.05, 4.69) is 0 Å². The lowest BCUT2D eigenvalue weighted by molar-refractivity contribution is -0.151. The van der Waals surface area contributed by atoms with Gasteiger partial charge in [-0.1, -0.05) is 12.2 Å². The molecular weight excluding hydrogens is 208 g/mol. The standard InChI is InChI=1S/C10H6N4O2/c11-5-13-7-3-1-2-4-8(7)14(6-12)10(16)9(13)15/h1-3,8H,4H2. The van der Waals surface area contributed by atoms with Gasteiger partial charge in [-0.05, 0) is 12.5 Å². The van der Waals surface area contributed by atoms with Crippen molar-refractivity contribution in [1.82, 2.24) is 9.80 Å². The topological polar surface area (TPSA) is 88.2 Å². The molecule has 16 heavy (non-hydrogen) atoms. The number of amides is 2. The molecule has 6 heteroatoms. The average Bonchev–Trinajstić information content (AvgIpc) is 2.31. The van der Waals surface area contributed by atoms with E-state index in [0.717, 1.165) is 9.80 Å². The lowest BCUT2D eigenvalue weighted by Crippen LogP contribution is -2.55. The van der Waals surface area contributed by atoms with Crippen LogP contribution in [0.1, 0.15) is 6.42 Å². The first-order chi connectivity index (χ1) is 7.70. The predicted molar refractivity (Wildman–Crippen MR) is 50.5 cm³/mol. The van der Waals surface area contributed by atoms with E-state index in [0.29, 0.717) is 12.1 Å². The molecule has 0 spiro atoms. The van der Waals surface area contributed by atoms with Gasteiger partial charge in [-0.15, -0.1) is 0 Å². The second kappa shape index (κ2) is 3.52. The Labute approximate surface area is 91.3 Å². The van der Waals surface area contributed by atoms with Crippen molar-refractivity contribution < 1.29 is 9.59 Å². The van der Waals surface area contributed by atoms with Gasteiger partial charge < -0.3 is 0 Å². The zero-order chi connectivity index (χ0) is 11.7. The van der Waals surface area contributed by atoms with Crippen molar-refractivity contribution in [1.29, 1.82) is 10.5 Å². The van der Waals surface area contributed by atoms with Gasteiger partial charge >= 0.3 is 11.8 Å². The van der Waals surface area contributed by atoms with Crippen LogP contribution in [-0.2, 0) is 9.59 Å².